The molecule has 0 aliphatic carbocycles. The number of nitro benzene ring substituents is 1. The lowest BCUT2D eigenvalue weighted by atomic mass is 9.98. The van der Waals surface area contributed by atoms with Crippen molar-refractivity contribution >= 4 is 21.5 Å². The predicted octanol–water partition coefficient (Wildman–Crippen LogP) is 2.36. The van der Waals surface area contributed by atoms with Gasteiger partial charge >= 0.3 is 5.97 Å². The molecule has 0 aromatic heterocycles. The zero-order chi connectivity index (χ0) is 16.5. The minimum Gasteiger partial charge on any atom is -0.478 e. The standard InChI is InChI=1S/C14H11NO6S/c1-22(20,21)10-5-2-4-9(8-10)13-11(14(16)17)6-3-7-12(13)15(18)19/h2-8H,1H3,(H,16,17). The molecule has 0 aliphatic heterocycles. The van der Waals surface area contributed by atoms with Crippen LogP contribution in [0, 0.1) is 10.1 Å². The number of carboxylic acid groups (broad SMARTS) is 1. The highest BCUT2D eigenvalue weighted by molar-refractivity contribution is 7.90. The molecule has 2 rings (SSSR count). The molecule has 2 aromatic rings. The first kappa shape index (κ1) is 15.6. The predicted molar refractivity (Wildman–Crippen MR) is 78.6 cm³/mol. The lowest BCUT2D eigenvalue weighted by Gasteiger charge is -2.08. The van der Waals surface area contributed by atoms with E-state index in [-0.39, 0.29) is 21.6 Å². The Morgan fingerprint density at radius 1 is 1.18 bits per heavy atom. The molecule has 1 N–H and O–H groups in total. The van der Waals surface area contributed by atoms with Gasteiger partial charge < -0.3 is 5.11 Å². The first-order valence-corrected chi connectivity index (χ1v) is 7.92. The Kier molecular flexibility index (Phi) is 3.96. The van der Waals surface area contributed by atoms with E-state index in [1.165, 1.54) is 42.5 Å². The van der Waals surface area contributed by atoms with E-state index in [2.05, 4.69) is 0 Å². The summed E-state index contributed by atoms with van der Waals surface area (Å²) in [7, 11) is -3.52. The molecule has 0 spiro atoms. The lowest BCUT2D eigenvalue weighted by molar-refractivity contribution is -0.384. The summed E-state index contributed by atoms with van der Waals surface area (Å²) in [5, 5.41) is 20.4. The Bertz CT molecular complexity index is 840. The largest absolute Gasteiger partial charge is 0.478 e. The molecule has 2 aromatic carbocycles. The quantitative estimate of drug-likeness (QED) is 0.683. The zero-order valence-electron chi connectivity index (χ0n) is 11.4. The van der Waals surface area contributed by atoms with Crippen molar-refractivity contribution in [2.45, 2.75) is 4.90 Å². The van der Waals surface area contributed by atoms with Crippen LogP contribution in [0.15, 0.2) is 47.4 Å². The molecule has 0 saturated carbocycles. The van der Waals surface area contributed by atoms with Crippen LogP contribution >= 0.6 is 0 Å². The molecule has 8 heteroatoms. The van der Waals surface area contributed by atoms with E-state index in [1.54, 1.807) is 0 Å². The number of nitrogens with zero attached hydrogens (tertiary/aromatic N) is 1. The van der Waals surface area contributed by atoms with Crippen LogP contribution < -0.4 is 0 Å². The van der Waals surface area contributed by atoms with Gasteiger partial charge in [0.2, 0.25) is 0 Å². The highest BCUT2D eigenvalue weighted by Gasteiger charge is 2.23. The summed E-state index contributed by atoms with van der Waals surface area (Å²) in [6.45, 7) is 0. The Balaban J connectivity index is 2.82. The van der Waals surface area contributed by atoms with Crippen molar-refractivity contribution in [3.05, 3.63) is 58.1 Å². The third kappa shape index (κ3) is 2.96. The molecule has 0 bridgehead atoms. The summed E-state index contributed by atoms with van der Waals surface area (Å²) in [6.07, 6.45) is 1.00. The minimum absolute atomic E-state index is 0.0421. The van der Waals surface area contributed by atoms with Crippen LogP contribution in [-0.2, 0) is 9.84 Å². The minimum atomic E-state index is -3.52. The van der Waals surface area contributed by atoms with Gasteiger partial charge in [0.05, 0.1) is 20.9 Å². The lowest BCUT2D eigenvalue weighted by Crippen LogP contribution is -2.04. The second-order valence-corrected chi connectivity index (χ2v) is 6.58. The van der Waals surface area contributed by atoms with Crippen LogP contribution in [0.5, 0.6) is 0 Å². The van der Waals surface area contributed by atoms with E-state index in [9.17, 15) is 28.4 Å². The van der Waals surface area contributed by atoms with Crippen LogP contribution in [0.25, 0.3) is 11.1 Å². The molecule has 0 heterocycles. The van der Waals surface area contributed by atoms with E-state index in [1.807, 2.05) is 0 Å². The van der Waals surface area contributed by atoms with E-state index in [4.69, 9.17) is 0 Å². The molecular weight excluding hydrogens is 310 g/mol. The van der Waals surface area contributed by atoms with E-state index < -0.39 is 26.4 Å². The Morgan fingerprint density at radius 3 is 2.36 bits per heavy atom. The molecule has 0 radical (unpaired) electrons. The first-order chi connectivity index (χ1) is 10.2. The van der Waals surface area contributed by atoms with Gasteiger partial charge in [-0.2, -0.15) is 0 Å². The molecule has 22 heavy (non-hydrogen) atoms. The summed E-state index contributed by atoms with van der Waals surface area (Å²) >= 11 is 0. The van der Waals surface area contributed by atoms with E-state index in [0.717, 1.165) is 6.26 Å². The van der Waals surface area contributed by atoms with Gasteiger partial charge in [-0.1, -0.05) is 18.2 Å². The maximum Gasteiger partial charge on any atom is 0.336 e. The van der Waals surface area contributed by atoms with Gasteiger partial charge in [-0.3, -0.25) is 10.1 Å². The summed E-state index contributed by atoms with van der Waals surface area (Å²) in [4.78, 5) is 21.7. The van der Waals surface area contributed by atoms with Gasteiger partial charge in [-0.05, 0) is 23.8 Å². The molecule has 0 aliphatic rings. The maximum atomic E-state index is 11.6. The normalized spacial score (nSPS) is 11.1. The third-order valence-corrected chi connectivity index (χ3v) is 4.13. The van der Waals surface area contributed by atoms with Gasteiger partial charge in [-0.15, -0.1) is 0 Å². The number of carbonyl (C=O) groups is 1. The highest BCUT2D eigenvalue weighted by Crippen LogP contribution is 2.34. The molecular formula is C14H11NO6S. The van der Waals surface area contributed by atoms with Crippen molar-refractivity contribution in [1.82, 2.24) is 0 Å². The van der Waals surface area contributed by atoms with Gasteiger partial charge in [0, 0.05) is 12.3 Å². The van der Waals surface area contributed by atoms with Crippen LogP contribution in [0.1, 0.15) is 10.4 Å². The number of carboxylic acids is 1. The number of aromatic carboxylic acids is 1. The Hall–Kier alpha value is -2.74. The van der Waals surface area contributed by atoms with Crippen molar-refractivity contribution in [3.63, 3.8) is 0 Å². The smallest absolute Gasteiger partial charge is 0.336 e. The fourth-order valence-electron chi connectivity index (χ4n) is 2.06. The second-order valence-electron chi connectivity index (χ2n) is 4.56. The molecule has 7 nitrogen and oxygen atoms in total. The summed E-state index contributed by atoms with van der Waals surface area (Å²) in [5.41, 5.74) is -0.622. The zero-order valence-corrected chi connectivity index (χ0v) is 12.2. The summed E-state index contributed by atoms with van der Waals surface area (Å²) in [6, 6.07) is 9.09. The molecule has 114 valence electrons. The monoisotopic (exact) mass is 321 g/mol. The van der Waals surface area contributed by atoms with Crippen LogP contribution in [-0.4, -0.2) is 30.7 Å². The van der Waals surface area contributed by atoms with Crippen molar-refractivity contribution in [3.8, 4) is 11.1 Å². The van der Waals surface area contributed by atoms with Gasteiger partial charge in [0.25, 0.3) is 5.69 Å². The van der Waals surface area contributed by atoms with Gasteiger partial charge in [0.15, 0.2) is 9.84 Å². The number of nitro groups is 1. The fourth-order valence-corrected chi connectivity index (χ4v) is 2.72. The summed E-state index contributed by atoms with van der Waals surface area (Å²) in [5.74, 6) is -1.33. The molecule has 0 saturated heterocycles. The van der Waals surface area contributed by atoms with Gasteiger partial charge in [0.1, 0.15) is 0 Å². The maximum absolute atomic E-state index is 11.6. The number of sulfone groups is 1. The number of benzene rings is 2. The fraction of sp³-hybridized carbons (Fsp3) is 0.0714. The average molecular weight is 321 g/mol. The molecule has 0 amide bonds. The average Bonchev–Trinajstić information content (AvgIpc) is 2.45. The number of hydrogen-bond donors (Lipinski definition) is 1. The van der Waals surface area contributed by atoms with Crippen molar-refractivity contribution in [2.24, 2.45) is 0 Å². The van der Waals surface area contributed by atoms with Crippen molar-refractivity contribution in [1.29, 1.82) is 0 Å². The highest BCUT2D eigenvalue weighted by atomic mass is 32.2. The van der Waals surface area contributed by atoms with Crippen LogP contribution in [0.2, 0.25) is 0 Å². The van der Waals surface area contributed by atoms with Crippen molar-refractivity contribution in [2.75, 3.05) is 6.26 Å². The number of hydrogen-bond acceptors (Lipinski definition) is 5. The van der Waals surface area contributed by atoms with Crippen molar-refractivity contribution < 1.29 is 23.2 Å². The SMILES string of the molecule is CS(=O)(=O)c1cccc(-c2c(C(=O)O)cccc2[N+](=O)[O-])c1. The summed E-state index contributed by atoms with van der Waals surface area (Å²) < 4.78 is 23.2. The van der Waals surface area contributed by atoms with Gasteiger partial charge in [-0.25, -0.2) is 13.2 Å². The first-order valence-electron chi connectivity index (χ1n) is 6.03. The van der Waals surface area contributed by atoms with E-state index in [0.29, 0.717) is 0 Å². The Morgan fingerprint density at radius 2 is 1.82 bits per heavy atom. The molecule has 0 atom stereocenters. The topological polar surface area (TPSA) is 115 Å². The third-order valence-electron chi connectivity index (χ3n) is 3.02. The van der Waals surface area contributed by atoms with E-state index >= 15 is 0 Å². The Labute approximate surface area is 125 Å². The molecule has 0 unspecified atom stereocenters. The van der Waals surface area contributed by atoms with Crippen LogP contribution in [0.4, 0.5) is 5.69 Å². The second kappa shape index (κ2) is 5.57. The molecule has 0 fully saturated rings. The van der Waals surface area contributed by atoms with Crippen LogP contribution in [0.3, 0.4) is 0 Å². The number of rotatable bonds is 4.